The second-order valence-electron chi connectivity index (χ2n) is 6.79. The van der Waals surface area contributed by atoms with Crippen molar-refractivity contribution in [2.45, 2.75) is 26.8 Å². The van der Waals surface area contributed by atoms with Gasteiger partial charge in [-0.15, -0.1) is 5.10 Å². The summed E-state index contributed by atoms with van der Waals surface area (Å²) in [6.07, 6.45) is 4.26. The van der Waals surface area contributed by atoms with Crippen LogP contribution < -0.4 is 5.32 Å². The van der Waals surface area contributed by atoms with Crippen molar-refractivity contribution < 1.29 is 4.39 Å². The minimum atomic E-state index is -0.188. The number of pyridine rings is 1. The van der Waals surface area contributed by atoms with Gasteiger partial charge in [0, 0.05) is 42.2 Å². The Labute approximate surface area is 169 Å². The summed E-state index contributed by atoms with van der Waals surface area (Å²) >= 11 is 0. The summed E-state index contributed by atoms with van der Waals surface area (Å²) in [4.78, 5) is 8.79. The molecular formula is C23H22FN5. The van der Waals surface area contributed by atoms with Crippen LogP contribution in [0.5, 0.6) is 0 Å². The number of anilines is 1. The maximum absolute atomic E-state index is 14.0. The lowest BCUT2D eigenvalue weighted by molar-refractivity contribution is 0.611. The van der Waals surface area contributed by atoms with Crippen molar-refractivity contribution in [2.24, 2.45) is 0 Å². The lowest BCUT2D eigenvalue weighted by atomic mass is 10.1. The molecule has 0 aliphatic rings. The predicted octanol–water partition coefficient (Wildman–Crippen LogP) is 4.95. The zero-order chi connectivity index (χ0) is 20.2. The molecule has 4 rings (SSSR count). The highest BCUT2D eigenvalue weighted by atomic mass is 19.1. The van der Waals surface area contributed by atoms with Crippen LogP contribution in [-0.2, 0) is 13.0 Å². The van der Waals surface area contributed by atoms with Gasteiger partial charge >= 0.3 is 0 Å². The third-order valence-electron chi connectivity index (χ3n) is 4.84. The molecule has 5 nitrogen and oxygen atoms in total. The number of aryl methyl sites for hydroxylation is 2. The van der Waals surface area contributed by atoms with E-state index in [1.165, 1.54) is 6.07 Å². The number of rotatable bonds is 6. The van der Waals surface area contributed by atoms with Gasteiger partial charge in [-0.05, 0) is 55.0 Å². The second kappa shape index (κ2) is 8.22. The molecule has 0 fully saturated rings. The summed E-state index contributed by atoms with van der Waals surface area (Å²) in [6, 6.07) is 16.9. The largest absolute Gasteiger partial charge is 0.381 e. The second-order valence-corrected chi connectivity index (χ2v) is 6.79. The summed E-state index contributed by atoms with van der Waals surface area (Å²) in [6.45, 7) is 4.41. The molecule has 0 spiro atoms. The van der Waals surface area contributed by atoms with Gasteiger partial charge in [-0.25, -0.2) is 14.1 Å². The summed E-state index contributed by atoms with van der Waals surface area (Å²) < 4.78 is 15.9. The molecule has 0 bridgehead atoms. The Morgan fingerprint density at radius 2 is 1.86 bits per heavy atom. The highest BCUT2D eigenvalue weighted by Gasteiger charge is 2.12. The predicted molar refractivity (Wildman–Crippen MR) is 112 cm³/mol. The van der Waals surface area contributed by atoms with E-state index in [0.717, 1.165) is 34.7 Å². The molecule has 0 unspecified atom stereocenters. The van der Waals surface area contributed by atoms with Gasteiger partial charge in [-0.3, -0.25) is 4.98 Å². The SMILES string of the molecule is CCc1nc(-c2cccnc2)nn1-c1ccc(NCc2c(C)cccc2F)cc1. The van der Waals surface area contributed by atoms with E-state index in [0.29, 0.717) is 17.9 Å². The molecule has 0 aliphatic heterocycles. The highest BCUT2D eigenvalue weighted by Crippen LogP contribution is 2.20. The van der Waals surface area contributed by atoms with Crippen LogP contribution in [0.2, 0.25) is 0 Å². The molecule has 0 amide bonds. The third-order valence-corrected chi connectivity index (χ3v) is 4.84. The van der Waals surface area contributed by atoms with Gasteiger partial charge in [0.25, 0.3) is 0 Å². The van der Waals surface area contributed by atoms with Gasteiger partial charge in [-0.1, -0.05) is 19.1 Å². The number of hydrogen-bond donors (Lipinski definition) is 1. The molecule has 0 saturated carbocycles. The van der Waals surface area contributed by atoms with Gasteiger partial charge in [0.1, 0.15) is 11.6 Å². The van der Waals surface area contributed by atoms with Crippen LogP contribution in [0.3, 0.4) is 0 Å². The van der Waals surface area contributed by atoms with Gasteiger partial charge in [-0.2, -0.15) is 0 Å². The number of aromatic nitrogens is 4. The Balaban J connectivity index is 1.54. The fourth-order valence-corrected chi connectivity index (χ4v) is 3.20. The lowest BCUT2D eigenvalue weighted by Crippen LogP contribution is -2.05. The third kappa shape index (κ3) is 4.01. The fourth-order valence-electron chi connectivity index (χ4n) is 3.20. The molecule has 29 heavy (non-hydrogen) atoms. The summed E-state index contributed by atoms with van der Waals surface area (Å²) in [5.74, 6) is 1.35. The van der Waals surface area contributed by atoms with Crippen molar-refractivity contribution in [1.82, 2.24) is 19.7 Å². The minimum absolute atomic E-state index is 0.188. The number of nitrogens with zero attached hydrogens (tertiary/aromatic N) is 4. The summed E-state index contributed by atoms with van der Waals surface area (Å²) in [7, 11) is 0. The first-order valence-electron chi connectivity index (χ1n) is 9.60. The molecular weight excluding hydrogens is 365 g/mol. The first-order valence-corrected chi connectivity index (χ1v) is 9.60. The van der Waals surface area contributed by atoms with Crippen LogP contribution in [0, 0.1) is 12.7 Å². The standard InChI is InChI=1S/C23H22FN5/c1-3-22-27-23(17-7-5-13-25-14-17)28-29(22)19-11-9-18(10-12-19)26-15-20-16(2)6-4-8-21(20)24/h4-14,26H,3,15H2,1-2H3. The molecule has 2 heterocycles. The van der Waals surface area contributed by atoms with Gasteiger partial charge in [0.05, 0.1) is 5.69 Å². The topological polar surface area (TPSA) is 55.6 Å². The Hall–Kier alpha value is -3.54. The first-order chi connectivity index (χ1) is 14.2. The van der Waals surface area contributed by atoms with E-state index in [-0.39, 0.29) is 5.82 Å². The maximum atomic E-state index is 14.0. The molecule has 0 atom stereocenters. The zero-order valence-electron chi connectivity index (χ0n) is 16.4. The molecule has 0 radical (unpaired) electrons. The molecule has 146 valence electrons. The monoisotopic (exact) mass is 387 g/mol. The van der Waals surface area contributed by atoms with Gasteiger partial charge in [0.15, 0.2) is 5.82 Å². The highest BCUT2D eigenvalue weighted by molar-refractivity contribution is 5.54. The molecule has 0 saturated heterocycles. The van der Waals surface area contributed by atoms with Crippen LogP contribution in [-0.4, -0.2) is 19.7 Å². The normalized spacial score (nSPS) is 10.9. The summed E-state index contributed by atoms with van der Waals surface area (Å²) in [5.41, 5.74) is 4.35. The fraction of sp³-hybridized carbons (Fsp3) is 0.174. The van der Waals surface area contributed by atoms with Crippen LogP contribution in [0.15, 0.2) is 67.0 Å². The van der Waals surface area contributed by atoms with E-state index in [1.807, 2.05) is 54.1 Å². The van der Waals surface area contributed by atoms with Crippen LogP contribution in [0.1, 0.15) is 23.9 Å². The number of hydrogen-bond acceptors (Lipinski definition) is 4. The first kappa shape index (κ1) is 18.8. The average molecular weight is 387 g/mol. The van der Waals surface area contributed by atoms with E-state index in [1.54, 1.807) is 18.5 Å². The van der Waals surface area contributed by atoms with Crippen molar-refractivity contribution in [3.05, 3.63) is 89.8 Å². The van der Waals surface area contributed by atoms with Crippen LogP contribution >= 0.6 is 0 Å². The molecule has 0 aliphatic carbocycles. The lowest BCUT2D eigenvalue weighted by Gasteiger charge is -2.11. The molecule has 1 N–H and O–H groups in total. The van der Waals surface area contributed by atoms with Crippen molar-refractivity contribution >= 4 is 5.69 Å². The van der Waals surface area contributed by atoms with E-state index in [9.17, 15) is 4.39 Å². The minimum Gasteiger partial charge on any atom is -0.381 e. The van der Waals surface area contributed by atoms with E-state index in [4.69, 9.17) is 0 Å². The molecule has 6 heteroatoms. The van der Waals surface area contributed by atoms with Gasteiger partial charge < -0.3 is 5.32 Å². The maximum Gasteiger partial charge on any atom is 0.183 e. The Morgan fingerprint density at radius 3 is 2.55 bits per heavy atom. The van der Waals surface area contributed by atoms with Crippen LogP contribution in [0.25, 0.3) is 17.1 Å². The summed E-state index contributed by atoms with van der Waals surface area (Å²) in [5, 5.41) is 7.95. The molecule has 2 aromatic carbocycles. The van der Waals surface area contributed by atoms with Crippen molar-refractivity contribution in [1.29, 1.82) is 0 Å². The Bertz CT molecular complexity index is 1080. The molecule has 4 aromatic rings. The van der Waals surface area contributed by atoms with E-state index in [2.05, 4.69) is 27.3 Å². The van der Waals surface area contributed by atoms with Crippen molar-refractivity contribution in [3.8, 4) is 17.1 Å². The van der Waals surface area contributed by atoms with Crippen molar-refractivity contribution in [3.63, 3.8) is 0 Å². The molecule has 2 aromatic heterocycles. The Morgan fingerprint density at radius 1 is 1.03 bits per heavy atom. The van der Waals surface area contributed by atoms with Gasteiger partial charge in [0.2, 0.25) is 0 Å². The smallest absolute Gasteiger partial charge is 0.183 e. The quantitative estimate of drug-likeness (QED) is 0.508. The number of nitrogens with one attached hydrogen (secondary N) is 1. The number of benzene rings is 2. The number of halogens is 1. The van der Waals surface area contributed by atoms with Crippen molar-refractivity contribution in [2.75, 3.05) is 5.32 Å². The van der Waals surface area contributed by atoms with Crippen LogP contribution in [0.4, 0.5) is 10.1 Å². The van der Waals surface area contributed by atoms with E-state index >= 15 is 0 Å². The Kier molecular flexibility index (Phi) is 5.33. The average Bonchev–Trinajstić information content (AvgIpc) is 3.19. The zero-order valence-corrected chi connectivity index (χ0v) is 16.4. The van der Waals surface area contributed by atoms with E-state index < -0.39 is 0 Å².